The van der Waals surface area contributed by atoms with Crippen molar-refractivity contribution < 1.29 is 9.59 Å². The van der Waals surface area contributed by atoms with Crippen molar-refractivity contribution in [3.8, 4) is 0 Å². The predicted molar refractivity (Wildman–Crippen MR) is 97.8 cm³/mol. The topological polar surface area (TPSA) is 62.3 Å². The Labute approximate surface area is 148 Å². The Hall–Kier alpha value is -2.69. The molecular formula is C20H23N3O2. The van der Waals surface area contributed by atoms with Crippen LogP contribution in [0.4, 0.5) is 5.69 Å². The second-order valence-electron chi connectivity index (χ2n) is 6.70. The highest BCUT2D eigenvalue weighted by Crippen LogP contribution is 2.28. The highest BCUT2D eigenvalue weighted by molar-refractivity contribution is 6.07. The molecule has 2 heterocycles. The van der Waals surface area contributed by atoms with Crippen LogP contribution < -0.4 is 10.2 Å². The molecule has 1 aromatic heterocycles. The molecule has 0 bridgehead atoms. The quantitative estimate of drug-likeness (QED) is 0.912. The van der Waals surface area contributed by atoms with E-state index in [1.165, 1.54) is 11.8 Å². The van der Waals surface area contributed by atoms with E-state index in [9.17, 15) is 9.59 Å². The summed E-state index contributed by atoms with van der Waals surface area (Å²) in [6, 6.07) is 11.1. The first-order chi connectivity index (χ1) is 12.1. The van der Waals surface area contributed by atoms with Gasteiger partial charge < -0.3 is 10.2 Å². The van der Waals surface area contributed by atoms with E-state index >= 15 is 0 Å². The number of anilines is 1. The van der Waals surface area contributed by atoms with Gasteiger partial charge in [0.1, 0.15) is 5.69 Å². The van der Waals surface area contributed by atoms with Gasteiger partial charge in [-0.1, -0.05) is 32.0 Å². The average Bonchev–Trinajstić information content (AvgIpc) is 3.05. The molecule has 130 valence electrons. The molecule has 25 heavy (non-hydrogen) atoms. The summed E-state index contributed by atoms with van der Waals surface area (Å²) in [7, 11) is 0. The van der Waals surface area contributed by atoms with Gasteiger partial charge in [0, 0.05) is 30.5 Å². The number of aromatic nitrogens is 1. The van der Waals surface area contributed by atoms with Crippen LogP contribution in [0, 0.1) is 5.92 Å². The number of rotatable bonds is 5. The van der Waals surface area contributed by atoms with E-state index in [1.54, 1.807) is 17.0 Å². The predicted octanol–water partition coefficient (Wildman–Crippen LogP) is 3.06. The number of hydrogen-bond acceptors (Lipinski definition) is 3. The number of benzene rings is 1. The van der Waals surface area contributed by atoms with Gasteiger partial charge >= 0.3 is 0 Å². The summed E-state index contributed by atoms with van der Waals surface area (Å²) in [5.74, 6) is 0.200. The number of hydrogen-bond donors (Lipinski definition) is 1. The molecule has 0 saturated heterocycles. The standard InChI is InChI=1S/C20H23N3O2/c1-14(2)7-10-22-19(24)16-8-11-21-17(13-16)20(25)23-12-9-15-5-3-4-6-18(15)23/h3-6,8,11,13-14H,7,9-10,12H2,1-2H3,(H,22,24). The molecule has 1 aromatic carbocycles. The molecule has 2 aromatic rings. The molecule has 1 aliphatic rings. The van der Waals surface area contributed by atoms with Crippen molar-refractivity contribution in [1.29, 1.82) is 0 Å². The van der Waals surface area contributed by atoms with E-state index < -0.39 is 0 Å². The van der Waals surface area contributed by atoms with Crippen LogP contribution in [-0.4, -0.2) is 29.9 Å². The Kier molecular flexibility index (Phi) is 5.12. The van der Waals surface area contributed by atoms with Crippen LogP contribution in [0.15, 0.2) is 42.6 Å². The lowest BCUT2D eigenvalue weighted by Crippen LogP contribution is -2.30. The highest BCUT2D eigenvalue weighted by Gasteiger charge is 2.26. The lowest BCUT2D eigenvalue weighted by molar-refractivity contribution is 0.0952. The van der Waals surface area contributed by atoms with Crippen molar-refractivity contribution in [1.82, 2.24) is 10.3 Å². The molecule has 0 spiro atoms. The largest absolute Gasteiger partial charge is 0.352 e. The summed E-state index contributed by atoms with van der Waals surface area (Å²) in [5.41, 5.74) is 2.86. The van der Waals surface area contributed by atoms with Crippen LogP contribution in [0.1, 0.15) is 46.7 Å². The molecule has 0 fully saturated rings. The van der Waals surface area contributed by atoms with Gasteiger partial charge in [0.25, 0.3) is 11.8 Å². The summed E-state index contributed by atoms with van der Waals surface area (Å²) in [6.07, 6.45) is 3.29. The Morgan fingerprint density at radius 1 is 1.24 bits per heavy atom. The maximum absolute atomic E-state index is 12.8. The third-order valence-electron chi connectivity index (χ3n) is 4.38. The van der Waals surface area contributed by atoms with Gasteiger partial charge in [-0.25, -0.2) is 0 Å². The molecule has 0 unspecified atom stereocenters. The zero-order valence-electron chi connectivity index (χ0n) is 14.7. The first-order valence-corrected chi connectivity index (χ1v) is 8.70. The van der Waals surface area contributed by atoms with Crippen molar-refractivity contribution in [3.63, 3.8) is 0 Å². The monoisotopic (exact) mass is 337 g/mol. The summed E-state index contributed by atoms with van der Waals surface area (Å²) >= 11 is 0. The molecule has 0 atom stereocenters. The Morgan fingerprint density at radius 2 is 2.04 bits per heavy atom. The van der Waals surface area contributed by atoms with Crippen LogP contribution in [0.2, 0.25) is 0 Å². The summed E-state index contributed by atoms with van der Waals surface area (Å²) in [4.78, 5) is 31.0. The van der Waals surface area contributed by atoms with E-state index in [2.05, 4.69) is 24.1 Å². The van der Waals surface area contributed by atoms with Crippen LogP contribution in [0.25, 0.3) is 0 Å². The lowest BCUT2D eigenvalue weighted by atomic mass is 10.1. The van der Waals surface area contributed by atoms with Gasteiger partial charge in [0.15, 0.2) is 0 Å². The van der Waals surface area contributed by atoms with Crippen molar-refractivity contribution >= 4 is 17.5 Å². The maximum atomic E-state index is 12.8. The van der Waals surface area contributed by atoms with E-state index in [0.29, 0.717) is 30.3 Å². The number of carbonyl (C=O) groups excluding carboxylic acids is 2. The molecule has 2 amide bonds. The summed E-state index contributed by atoms with van der Waals surface area (Å²) < 4.78 is 0. The van der Waals surface area contributed by atoms with Crippen molar-refractivity contribution in [2.45, 2.75) is 26.7 Å². The van der Waals surface area contributed by atoms with Gasteiger partial charge in [-0.2, -0.15) is 0 Å². The maximum Gasteiger partial charge on any atom is 0.276 e. The minimum atomic E-state index is -0.168. The Bertz CT molecular complexity index is 786. The fourth-order valence-electron chi connectivity index (χ4n) is 2.95. The molecular weight excluding hydrogens is 314 g/mol. The minimum Gasteiger partial charge on any atom is -0.352 e. The first-order valence-electron chi connectivity index (χ1n) is 8.70. The molecule has 0 radical (unpaired) electrons. The number of nitrogens with one attached hydrogen (secondary N) is 1. The smallest absolute Gasteiger partial charge is 0.276 e. The average molecular weight is 337 g/mol. The molecule has 5 nitrogen and oxygen atoms in total. The molecule has 0 aliphatic carbocycles. The van der Waals surface area contributed by atoms with Crippen LogP contribution in [0.3, 0.4) is 0 Å². The molecule has 0 saturated carbocycles. The van der Waals surface area contributed by atoms with Gasteiger partial charge in [0.05, 0.1) is 0 Å². The number of carbonyl (C=O) groups is 2. The number of pyridine rings is 1. The zero-order chi connectivity index (χ0) is 17.8. The van der Waals surface area contributed by atoms with E-state index in [1.807, 2.05) is 24.3 Å². The fourth-order valence-corrected chi connectivity index (χ4v) is 2.95. The number of fused-ring (bicyclic) bond motifs is 1. The molecule has 1 aliphatic heterocycles. The second-order valence-corrected chi connectivity index (χ2v) is 6.70. The summed E-state index contributed by atoms with van der Waals surface area (Å²) in [6.45, 7) is 5.50. The van der Waals surface area contributed by atoms with Crippen molar-refractivity contribution in [2.75, 3.05) is 18.0 Å². The number of amides is 2. The van der Waals surface area contributed by atoms with Gasteiger partial charge in [0.2, 0.25) is 0 Å². The van der Waals surface area contributed by atoms with E-state index in [0.717, 1.165) is 18.5 Å². The van der Waals surface area contributed by atoms with Crippen molar-refractivity contribution in [2.24, 2.45) is 5.92 Å². The first kappa shape index (κ1) is 17.1. The number of para-hydroxylation sites is 1. The number of nitrogens with zero attached hydrogens (tertiary/aromatic N) is 2. The normalized spacial score (nSPS) is 13.0. The van der Waals surface area contributed by atoms with Crippen LogP contribution in [-0.2, 0) is 6.42 Å². The third kappa shape index (κ3) is 3.87. The highest BCUT2D eigenvalue weighted by atomic mass is 16.2. The SMILES string of the molecule is CC(C)CCNC(=O)c1ccnc(C(=O)N2CCc3ccccc32)c1. The lowest BCUT2D eigenvalue weighted by Gasteiger charge is -2.17. The van der Waals surface area contributed by atoms with E-state index in [4.69, 9.17) is 0 Å². The van der Waals surface area contributed by atoms with Gasteiger partial charge in [-0.15, -0.1) is 0 Å². The van der Waals surface area contributed by atoms with E-state index in [-0.39, 0.29) is 11.8 Å². The van der Waals surface area contributed by atoms with Crippen LogP contribution >= 0.6 is 0 Å². The van der Waals surface area contributed by atoms with Crippen molar-refractivity contribution in [3.05, 3.63) is 59.4 Å². The zero-order valence-corrected chi connectivity index (χ0v) is 14.7. The van der Waals surface area contributed by atoms with Gasteiger partial charge in [-0.05, 0) is 42.5 Å². The third-order valence-corrected chi connectivity index (χ3v) is 4.38. The van der Waals surface area contributed by atoms with Gasteiger partial charge in [-0.3, -0.25) is 14.6 Å². The molecule has 5 heteroatoms. The fraction of sp³-hybridized carbons (Fsp3) is 0.350. The Balaban J connectivity index is 1.73. The molecule has 3 rings (SSSR count). The molecule has 1 N–H and O–H groups in total. The van der Waals surface area contributed by atoms with Crippen LogP contribution in [0.5, 0.6) is 0 Å². The second kappa shape index (κ2) is 7.47. The minimum absolute atomic E-state index is 0.165. The summed E-state index contributed by atoms with van der Waals surface area (Å²) in [5, 5.41) is 2.89. The Morgan fingerprint density at radius 3 is 2.84 bits per heavy atom.